The third-order valence-electron chi connectivity index (χ3n) is 2.14. The molecule has 0 saturated heterocycles. The van der Waals surface area contributed by atoms with Crippen LogP contribution in [0, 0.1) is 0 Å². The van der Waals surface area contributed by atoms with Crippen molar-refractivity contribution in [2.45, 2.75) is 32.7 Å². The van der Waals surface area contributed by atoms with Gasteiger partial charge >= 0.3 is 0 Å². The smallest absolute Gasteiger partial charge is 0.0590 e. The van der Waals surface area contributed by atoms with Gasteiger partial charge in [-0.3, -0.25) is 0 Å². The van der Waals surface area contributed by atoms with Crippen molar-refractivity contribution in [1.82, 2.24) is 0 Å². The van der Waals surface area contributed by atoms with Crippen molar-refractivity contribution in [1.29, 1.82) is 0 Å². The Morgan fingerprint density at radius 3 is 2.86 bits per heavy atom. The monoisotopic (exact) mass is 212 g/mol. The van der Waals surface area contributed by atoms with Crippen molar-refractivity contribution < 1.29 is 0 Å². The van der Waals surface area contributed by atoms with Gasteiger partial charge in [0.25, 0.3) is 0 Å². The Bertz CT molecular complexity index is 299. The topological polar surface area (TPSA) is 38.0 Å². The summed E-state index contributed by atoms with van der Waals surface area (Å²) in [6, 6.07) is 5.92. The summed E-state index contributed by atoms with van der Waals surface area (Å²) in [7, 11) is 0. The molecule has 2 nitrogen and oxygen atoms in total. The van der Waals surface area contributed by atoms with Gasteiger partial charge in [-0.2, -0.15) is 0 Å². The zero-order valence-electron chi connectivity index (χ0n) is 8.68. The second-order valence-corrected chi connectivity index (χ2v) is 4.00. The predicted octanol–water partition coefficient (Wildman–Crippen LogP) is 3.52. The summed E-state index contributed by atoms with van der Waals surface area (Å²) >= 11 is 5.88. The van der Waals surface area contributed by atoms with E-state index in [2.05, 4.69) is 19.2 Å². The normalized spacial score (nSPS) is 12.5. The molecule has 3 N–H and O–H groups in total. The van der Waals surface area contributed by atoms with E-state index in [1.807, 2.05) is 12.1 Å². The van der Waals surface area contributed by atoms with Crippen LogP contribution in [0.15, 0.2) is 18.2 Å². The van der Waals surface area contributed by atoms with Crippen LogP contribution in [0.2, 0.25) is 5.02 Å². The maximum Gasteiger partial charge on any atom is 0.0590 e. The minimum absolute atomic E-state index is 0.431. The maximum absolute atomic E-state index is 5.88. The van der Waals surface area contributed by atoms with Gasteiger partial charge in [-0.1, -0.05) is 24.9 Å². The lowest BCUT2D eigenvalue weighted by Crippen LogP contribution is -2.15. The third-order valence-corrected chi connectivity index (χ3v) is 2.37. The lowest BCUT2D eigenvalue weighted by molar-refractivity contribution is 0.691. The molecule has 0 spiro atoms. The molecule has 1 atom stereocenters. The van der Waals surface area contributed by atoms with E-state index in [0.717, 1.165) is 24.2 Å². The average Bonchev–Trinajstić information content (AvgIpc) is 2.12. The van der Waals surface area contributed by atoms with Crippen LogP contribution in [0.3, 0.4) is 0 Å². The highest BCUT2D eigenvalue weighted by molar-refractivity contribution is 6.31. The van der Waals surface area contributed by atoms with Crippen molar-refractivity contribution in [2.24, 2.45) is 0 Å². The number of anilines is 2. The minimum Gasteiger partial charge on any atom is -0.397 e. The fraction of sp³-hybridized carbons (Fsp3) is 0.455. The molecule has 0 bridgehead atoms. The SMILES string of the molecule is CCCC(C)Nc1cc(Cl)ccc1N. The Kier molecular flexibility index (Phi) is 4.08. The Hall–Kier alpha value is -0.890. The predicted molar refractivity (Wildman–Crippen MR) is 63.9 cm³/mol. The van der Waals surface area contributed by atoms with Crippen LogP contribution in [0.25, 0.3) is 0 Å². The van der Waals surface area contributed by atoms with Gasteiger partial charge in [0.05, 0.1) is 11.4 Å². The van der Waals surface area contributed by atoms with Gasteiger partial charge in [0, 0.05) is 11.1 Å². The highest BCUT2D eigenvalue weighted by Gasteiger charge is 2.04. The molecule has 0 heterocycles. The zero-order chi connectivity index (χ0) is 10.6. The van der Waals surface area contributed by atoms with Gasteiger partial charge in [-0.25, -0.2) is 0 Å². The number of nitrogen functional groups attached to an aromatic ring is 1. The lowest BCUT2D eigenvalue weighted by atomic mass is 10.2. The van der Waals surface area contributed by atoms with E-state index in [1.54, 1.807) is 6.07 Å². The first-order valence-corrected chi connectivity index (χ1v) is 5.33. The number of nitrogens with two attached hydrogens (primary N) is 1. The first-order chi connectivity index (χ1) is 6.63. The van der Waals surface area contributed by atoms with Crippen molar-refractivity contribution >= 4 is 23.0 Å². The van der Waals surface area contributed by atoms with Crippen LogP contribution in [-0.2, 0) is 0 Å². The standard InChI is InChI=1S/C11H17ClN2/c1-3-4-8(2)14-11-7-9(12)5-6-10(11)13/h5-8,14H,3-4,13H2,1-2H3. The number of halogens is 1. The van der Waals surface area contributed by atoms with Gasteiger partial charge in [0.15, 0.2) is 0 Å². The van der Waals surface area contributed by atoms with Crippen LogP contribution in [0.1, 0.15) is 26.7 Å². The third kappa shape index (κ3) is 3.11. The van der Waals surface area contributed by atoms with Gasteiger partial charge in [-0.05, 0) is 31.5 Å². The Morgan fingerprint density at radius 1 is 1.50 bits per heavy atom. The van der Waals surface area contributed by atoms with Crippen LogP contribution in [0.4, 0.5) is 11.4 Å². The Labute approximate surface area is 90.4 Å². The lowest BCUT2D eigenvalue weighted by Gasteiger charge is -2.16. The quantitative estimate of drug-likeness (QED) is 0.750. The molecule has 1 aromatic rings. The van der Waals surface area contributed by atoms with Gasteiger partial charge in [-0.15, -0.1) is 0 Å². The first-order valence-electron chi connectivity index (χ1n) is 4.95. The second kappa shape index (κ2) is 5.11. The molecule has 0 radical (unpaired) electrons. The molecule has 78 valence electrons. The molecule has 0 aromatic heterocycles. The van der Waals surface area contributed by atoms with Crippen molar-refractivity contribution in [3.8, 4) is 0 Å². The summed E-state index contributed by atoms with van der Waals surface area (Å²) in [5, 5.41) is 4.06. The molecule has 0 amide bonds. The number of nitrogens with one attached hydrogen (secondary N) is 1. The summed E-state index contributed by atoms with van der Waals surface area (Å²) in [6.07, 6.45) is 2.29. The summed E-state index contributed by atoms with van der Waals surface area (Å²) in [5.41, 5.74) is 7.49. The molecule has 1 unspecified atom stereocenters. The second-order valence-electron chi connectivity index (χ2n) is 3.57. The molecule has 14 heavy (non-hydrogen) atoms. The van der Waals surface area contributed by atoms with E-state index >= 15 is 0 Å². The molecule has 1 rings (SSSR count). The van der Waals surface area contributed by atoms with E-state index in [4.69, 9.17) is 17.3 Å². The van der Waals surface area contributed by atoms with Crippen molar-refractivity contribution in [3.05, 3.63) is 23.2 Å². The van der Waals surface area contributed by atoms with E-state index in [-0.39, 0.29) is 0 Å². The fourth-order valence-corrected chi connectivity index (χ4v) is 1.60. The van der Waals surface area contributed by atoms with E-state index in [0.29, 0.717) is 11.1 Å². The fourth-order valence-electron chi connectivity index (χ4n) is 1.42. The highest BCUT2D eigenvalue weighted by Crippen LogP contribution is 2.24. The Morgan fingerprint density at radius 2 is 2.21 bits per heavy atom. The highest BCUT2D eigenvalue weighted by atomic mass is 35.5. The Balaban J connectivity index is 2.70. The molecule has 0 saturated carbocycles. The van der Waals surface area contributed by atoms with Crippen LogP contribution < -0.4 is 11.1 Å². The first kappa shape index (κ1) is 11.2. The molecule has 0 fully saturated rings. The van der Waals surface area contributed by atoms with Crippen LogP contribution >= 0.6 is 11.6 Å². The molecular weight excluding hydrogens is 196 g/mol. The minimum atomic E-state index is 0.431. The van der Waals surface area contributed by atoms with Gasteiger partial charge < -0.3 is 11.1 Å². The summed E-state index contributed by atoms with van der Waals surface area (Å²) < 4.78 is 0. The number of rotatable bonds is 4. The molecular formula is C11H17ClN2. The number of benzene rings is 1. The summed E-state index contributed by atoms with van der Waals surface area (Å²) in [4.78, 5) is 0. The molecule has 0 aliphatic rings. The van der Waals surface area contributed by atoms with E-state index < -0.39 is 0 Å². The number of hydrogen-bond acceptors (Lipinski definition) is 2. The molecule has 1 aromatic carbocycles. The van der Waals surface area contributed by atoms with Gasteiger partial charge in [0.1, 0.15) is 0 Å². The van der Waals surface area contributed by atoms with E-state index in [9.17, 15) is 0 Å². The summed E-state index contributed by atoms with van der Waals surface area (Å²) in [5.74, 6) is 0. The van der Waals surface area contributed by atoms with E-state index in [1.165, 1.54) is 0 Å². The maximum atomic E-state index is 5.88. The van der Waals surface area contributed by atoms with Gasteiger partial charge in [0.2, 0.25) is 0 Å². The molecule has 3 heteroatoms. The zero-order valence-corrected chi connectivity index (χ0v) is 9.43. The van der Waals surface area contributed by atoms with Crippen LogP contribution in [0.5, 0.6) is 0 Å². The summed E-state index contributed by atoms with van der Waals surface area (Å²) in [6.45, 7) is 4.31. The average molecular weight is 213 g/mol. The molecule has 0 aliphatic heterocycles. The van der Waals surface area contributed by atoms with Crippen molar-refractivity contribution in [2.75, 3.05) is 11.1 Å². The van der Waals surface area contributed by atoms with Crippen molar-refractivity contribution in [3.63, 3.8) is 0 Å². The largest absolute Gasteiger partial charge is 0.397 e. The molecule has 0 aliphatic carbocycles. The number of hydrogen-bond donors (Lipinski definition) is 2. The van der Waals surface area contributed by atoms with Crippen LogP contribution in [-0.4, -0.2) is 6.04 Å².